The molecule has 6 nitrogen and oxygen atoms in total. The van der Waals surface area contributed by atoms with Gasteiger partial charge in [-0.15, -0.1) is 0 Å². The molecular weight excluding hydrogens is 270 g/mol. The molecule has 1 aromatic rings. The van der Waals surface area contributed by atoms with Crippen molar-refractivity contribution in [1.82, 2.24) is 5.32 Å². The third-order valence-electron chi connectivity index (χ3n) is 4.69. The van der Waals surface area contributed by atoms with Crippen molar-refractivity contribution in [1.29, 1.82) is 0 Å². The fraction of sp³-hybridized carbons (Fsp3) is 0.533. The van der Waals surface area contributed by atoms with Gasteiger partial charge in [0.1, 0.15) is 0 Å². The van der Waals surface area contributed by atoms with Crippen LogP contribution in [0.2, 0.25) is 0 Å². The predicted molar refractivity (Wildman–Crippen MR) is 79.9 cm³/mol. The minimum Gasteiger partial charge on any atom is -0.348 e. The Labute approximate surface area is 123 Å². The number of hydrogen-bond acceptors (Lipinski definition) is 4. The summed E-state index contributed by atoms with van der Waals surface area (Å²) in [5.74, 6) is -0.309. The van der Waals surface area contributed by atoms with Crippen LogP contribution in [0.25, 0.3) is 0 Å². The van der Waals surface area contributed by atoms with Gasteiger partial charge in [-0.05, 0) is 6.07 Å². The number of nitrogens with two attached hydrogens (primary N) is 1. The van der Waals surface area contributed by atoms with Gasteiger partial charge in [-0.25, -0.2) is 0 Å². The molecule has 0 bridgehead atoms. The lowest BCUT2D eigenvalue weighted by atomic mass is 9.48. The molecule has 3 N–H and O–H groups in total. The number of carbonyl (C=O) groups is 1. The van der Waals surface area contributed by atoms with E-state index in [-0.39, 0.29) is 40.1 Å². The minimum absolute atomic E-state index is 0.0135. The third kappa shape index (κ3) is 2.40. The molecule has 0 heterocycles. The Morgan fingerprint density at radius 3 is 2.38 bits per heavy atom. The largest absolute Gasteiger partial charge is 0.348 e. The van der Waals surface area contributed by atoms with E-state index in [2.05, 4.69) is 5.32 Å². The van der Waals surface area contributed by atoms with Gasteiger partial charge in [0, 0.05) is 40.6 Å². The number of amides is 1. The smallest absolute Gasteiger partial charge is 0.270 e. The van der Waals surface area contributed by atoms with Crippen molar-refractivity contribution < 1.29 is 9.72 Å². The lowest BCUT2D eigenvalue weighted by Crippen LogP contribution is -2.76. The van der Waals surface area contributed by atoms with Gasteiger partial charge in [0.15, 0.2) is 0 Å². The molecule has 2 rings (SSSR count). The summed E-state index contributed by atoms with van der Waals surface area (Å²) in [5, 5.41) is 13.7. The SMILES string of the molecule is CC1(C)C(N)C(C)(C)C1NC(=O)c1cccc([N+](=O)[O-])c1. The van der Waals surface area contributed by atoms with E-state index in [0.29, 0.717) is 0 Å². The maximum atomic E-state index is 12.3. The Kier molecular flexibility index (Phi) is 3.53. The van der Waals surface area contributed by atoms with E-state index in [0.717, 1.165) is 0 Å². The molecule has 0 aromatic heterocycles. The average molecular weight is 291 g/mol. The topological polar surface area (TPSA) is 98.3 Å². The molecule has 0 spiro atoms. The van der Waals surface area contributed by atoms with Crippen molar-refractivity contribution in [2.24, 2.45) is 16.6 Å². The number of nitro groups is 1. The predicted octanol–water partition coefficient (Wildman–Crippen LogP) is 2.09. The number of hydrogen-bond donors (Lipinski definition) is 2. The Morgan fingerprint density at radius 1 is 1.29 bits per heavy atom. The number of rotatable bonds is 3. The van der Waals surface area contributed by atoms with Crippen molar-refractivity contribution in [3.8, 4) is 0 Å². The van der Waals surface area contributed by atoms with Gasteiger partial charge in [0.05, 0.1) is 4.92 Å². The number of nitrogens with zero attached hydrogens (tertiary/aromatic N) is 1. The highest BCUT2D eigenvalue weighted by Gasteiger charge is 2.60. The Morgan fingerprint density at radius 2 is 1.86 bits per heavy atom. The van der Waals surface area contributed by atoms with E-state index in [1.807, 2.05) is 27.7 Å². The molecule has 1 saturated carbocycles. The summed E-state index contributed by atoms with van der Waals surface area (Å²) in [6, 6.07) is 5.64. The van der Waals surface area contributed by atoms with Gasteiger partial charge >= 0.3 is 0 Å². The normalized spacial score (nSPS) is 25.8. The first-order valence-electron chi connectivity index (χ1n) is 6.89. The summed E-state index contributed by atoms with van der Waals surface area (Å²) in [7, 11) is 0. The van der Waals surface area contributed by atoms with Crippen LogP contribution < -0.4 is 11.1 Å². The number of non-ortho nitro benzene ring substituents is 1. The summed E-state index contributed by atoms with van der Waals surface area (Å²) < 4.78 is 0. The first-order chi connectivity index (χ1) is 9.58. The molecule has 1 amide bonds. The van der Waals surface area contributed by atoms with Crippen LogP contribution >= 0.6 is 0 Å². The van der Waals surface area contributed by atoms with Gasteiger partial charge in [-0.2, -0.15) is 0 Å². The summed E-state index contributed by atoms with van der Waals surface area (Å²) in [4.78, 5) is 22.6. The Hall–Kier alpha value is -1.95. The number of nitro benzene ring substituents is 1. The van der Waals surface area contributed by atoms with Gasteiger partial charge < -0.3 is 11.1 Å². The van der Waals surface area contributed by atoms with E-state index < -0.39 is 4.92 Å². The minimum atomic E-state index is -0.510. The number of nitrogens with one attached hydrogen (secondary N) is 1. The molecule has 0 radical (unpaired) electrons. The van der Waals surface area contributed by atoms with E-state index in [1.54, 1.807) is 6.07 Å². The van der Waals surface area contributed by atoms with Crippen LogP contribution in [0.5, 0.6) is 0 Å². The number of benzene rings is 1. The molecule has 0 saturated heterocycles. The molecular formula is C15H21N3O3. The van der Waals surface area contributed by atoms with Crippen LogP contribution in [-0.4, -0.2) is 22.9 Å². The zero-order chi connectivity index (χ0) is 16.0. The summed E-state index contributed by atoms with van der Waals surface area (Å²) in [6.45, 7) is 8.06. The Balaban J connectivity index is 2.19. The second kappa shape index (κ2) is 4.80. The van der Waals surface area contributed by atoms with Crippen LogP contribution in [-0.2, 0) is 0 Å². The van der Waals surface area contributed by atoms with E-state index in [9.17, 15) is 14.9 Å². The molecule has 1 aromatic carbocycles. The standard InChI is InChI=1S/C15H21N3O3/c1-14(2)12(16)15(3,4)13(14)17-11(19)9-6-5-7-10(8-9)18(20)21/h5-8,12-13H,16H2,1-4H3,(H,17,19). The van der Waals surface area contributed by atoms with Crippen LogP contribution in [0.15, 0.2) is 24.3 Å². The zero-order valence-corrected chi connectivity index (χ0v) is 12.7. The van der Waals surface area contributed by atoms with Crippen molar-refractivity contribution >= 4 is 11.6 Å². The zero-order valence-electron chi connectivity index (χ0n) is 12.7. The van der Waals surface area contributed by atoms with Crippen molar-refractivity contribution in [3.63, 3.8) is 0 Å². The monoisotopic (exact) mass is 291 g/mol. The highest BCUT2D eigenvalue weighted by atomic mass is 16.6. The molecule has 21 heavy (non-hydrogen) atoms. The lowest BCUT2D eigenvalue weighted by Gasteiger charge is -2.62. The van der Waals surface area contributed by atoms with Gasteiger partial charge in [-0.3, -0.25) is 14.9 Å². The summed E-state index contributed by atoms with van der Waals surface area (Å²) in [5.41, 5.74) is 5.94. The van der Waals surface area contributed by atoms with Crippen LogP contribution in [0.4, 0.5) is 5.69 Å². The molecule has 1 aliphatic rings. The van der Waals surface area contributed by atoms with E-state index >= 15 is 0 Å². The van der Waals surface area contributed by atoms with Gasteiger partial charge in [0.25, 0.3) is 11.6 Å². The van der Waals surface area contributed by atoms with Crippen LogP contribution in [0.1, 0.15) is 38.1 Å². The van der Waals surface area contributed by atoms with Crippen molar-refractivity contribution in [2.45, 2.75) is 39.8 Å². The summed E-state index contributed by atoms with van der Waals surface area (Å²) >= 11 is 0. The quantitative estimate of drug-likeness (QED) is 0.658. The second-order valence-electron chi connectivity index (χ2n) is 6.83. The summed E-state index contributed by atoms with van der Waals surface area (Å²) in [6.07, 6.45) is 0. The molecule has 6 heteroatoms. The highest BCUT2D eigenvalue weighted by molar-refractivity contribution is 5.95. The maximum absolute atomic E-state index is 12.3. The number of carbonyl (C=O) groups excluding carboxylic acids is 1. The molecule has 114 valence electrons. The second-order valence-corrected chi connectivity index (χ2v) is 6.83. The Bertz CT molecular complexity index is 580. The fourth-order valence-electron chi connectivity index (χ4n) is 3.53. The van der Waals surface area contributed by atoms with Crippen molar-refractivity contribution in [2.75, 3.05) is 0 Å². The van der Waals surface area contributed by atoms with Gasteiger partial charge in [0.2, 0.25) is 0 Å². The molecule has 0 unspecified atom stereocenters. The molecule has 0 aliphatic heterocycles. The lowest BCUT2D eigenvalue weighted by molar-refractivity contribution is -0.384. The first-order valence-corrected chi connectivity index (χ1v) is 6.89. The van der Waals surface area contributed by atoms with E-state index in [1.165, 1.54) is 18.2 Å². The van der Waals surface area contributed by atoms with Crippen molar-refractivity contribution in [3.05, 3.63) is 39.9 Å². The molecule has 0 atom stereocenters. The van der Waals surface area contributed by atoms with Crippen LogP contribution in [0, 0.1) is 20.9 Å². The molecule has 1 fully saturated rings. The highest BCUT2D eigenvalue weighted by Crippen LogP contribution is 2.52. The average Bonchev–Trinajstić information content (AvgIpc) is 2.43. The van der Waals surface area contributed by atoms with Gasteiger partial charge in [-0.1, -0.05) is 33.8 Å². The fourth-order valence-corrected chi connectivity index (χ4v) is 3.53. The maximum Gasteiger partial charge on any atom is 0.270 e. The molecule has 1 aliphatic carbocycles. The van der Waals surface area contributed by atoms with E-state index in [4.69, 9.17) is 5.73 Å². The van der Waals surface area contributed by atoms with Crippen LogP contribution in [0.3, 0.4) is 0 Å². The first kappa shape index (κ1) is 15.4. The third-order valence-corrected chi connectivity index (χ3v) is 4.69.